The molecule has 1 heterocycles. The maximum atomic E-state index is 3.63. The zero-order valence-electron chi connectivity index (χ0n) is 10.4. The molecule has 2 N–H and O–H groups in total. The van der Waals surface area contributed by atoms with Crippen LogP contribution in [0.3, 0.4) is 0 Å². The van der Waals surface area contributed by atoms with Gasteiger partial charge in [0.25, 0.3) is 0 Å². The zero-order chi connectivity index (χ0) is 11.7. The van der Waals surface area contributed by atoms with E-state index in [9.17, 15) is 0 Å². The molecule has 2 aromatic rings. The maximum absolute atomic E-state index is 3.63. The summed E-state index contributed by atoms with van der Waals surface area (Å²) in [7, 11) is 0. The minimum atomic E-state index is 0.695. The van der Waals surface area contributed by atoms with Crippen molar-refractivity contribution in [2.24, 2.45) is 5.92 Å². The van der Waals surface area contributed by atoms with E-state index in [0.717, 1.165) is 18.9 Å². The lowest BCUT2D eigenvalue weighted by Gasteiger charge is -2.11. The van der Waals surface area contributed by atoms with Crippen LogP contribution in [0, 0.1) is 5.92 Å². The van der Waals surface area contributed by atoms with E-state index in [-0.39, 0.29) is 0 Å². The fourth-order valence-electron chi connectivity index (χ4n) is 2.54. The fraction of sp³-hybridized carbons (Fsp3) is 0.467. The van der Waals surface area contributed by atoms with Crippen LogP contribution < -0.4 is 5.32 Å². The van der Waals surface area contributed by atoms with Gasteiger partial charge in [0, 0.05) is 23.1 Å². The Morgan fingerprint density at radius 1 is 1.35 bits per heavy atom. The van der Waals surface area contributed by atoms with Crippen molar-refractivity contribution in [3.63, 3.8) is 0 Å². The van der Waals surface area contributed by atoms with Gasteiger partial charge in [-0.3, -0.25) is 0 Å². The van der Waals surface area contributed by atoms with Crippen LogP contribution in [0.5, 0.6) is 0 Å². The molecule has 2 nitrogen and oxygen atoms in total. The second kappa shape index (κ2) is 4.53. The lowest BCUT2D eigenvalue weighted by Crippen LogP contribution is -2.29. The number of hydrogen-bond donors (Lipinski definition) is 2. The van der Waals surface area contributed by atoms with Gasteiger partial charge in [0.15, 0.2) is 0 Å². The molecule has 1 aliphatic carbocycles. The highest BCUT2D eigenvalue weighted by atomic mass is 14.9. The highest BCUT2D eigenvalue weighted by Gasteiger charge is 2.27. The number of aromatic nitrogens is 1. The highest BCUT2D eigenvalue weighted by Crippen LogP contribution is 2.32. The molecule has 0 spiro atoms. The van der Waals surface area contributed by atoms with Gasteiger partial charge < -0.3 is 10.3 Å². The zero-order valence-corrected chi connectivity index (χ0v) is 10.4. The molecule has 1 unspecified atom stereocenters. The van der Waals surface area contributed by atoms with E-state index in [1.807, 2.05) is 0 Å². The molecule has 1 aromatic carbocycles. The first-order chi connectivity index (χ1) is 8.34. The third-order valence-electron chi connectivity index (χ3n) is 3.86. The van der Waals surface area contributed by atoms with Gasteiger partial charge in [0.05, 0.1) is 0 Å². The number of H-pyrrole nitrogens is 1. The molecule has 0 radical (unpaired) electrons. The molecule has 17 heavy (non-hydrogen) atoms. The molecule has 1 saturated carbocycles. The SMILES string of the molecule is CC(NCCc1c[nH]c2ccccc12)C1CC1. The van der Waals surface area contributed by atoms with Gasteiger partial charge >= 0.3 is 0 Å². The second-order valence-corrected chi connectivity index (χ2v) is 5.19. The predicted octanol–water partition coefficient (Wildman–Crippen LogP) is 3.10. The fourth-order valence-corrected chi connectivity index (χ4v) is 2.54. The highest BCUT2D eigenvalue weighted by molar-refractivity contribution is 5.83. The monoisotopic (exact) mass is 228 g/mol. The molecule has 0 amide bonds. The quantitative estimate of drug-likeness (QED) is 0.808. The van der Waals surface area contributed by atoms with Crippen molar-refractivity contribution in [1.82, 2.24) is 10.3 Å². The van der Waals surface area contributed by atoms with Crippen molar-refractivity contribution in [3.05, 3.63) is 36.0 Å². The Hall–Kier alpha value is -1.28. The van der Waals surface area contributed by atoms with Crippen molar-refractivity contribution >= 4 is 10.9 Å². The molecule has 1 fully saturated rings. The number of nitrogens with one attached hydrogen (secondary N) is 2. The minimum absolute atomic E-state index is 0.695. The van der Waals surface area contributed by atoms with Gasteiger partial charge in [-0.15, -0.1) is 0 Å². The first-order valence-electron chi connectivity index (χ1n) is 6.63. The molecule has 1 aromatic heterocycles. The first kappa shape index (κ1) is 10.8. The van der Waals surface area contributed by atoms with Gasteiger partial charge in [0.2, 0.25) is 0 Å². The summed E-state index contributed by atoms with van der Waals surface area (Å²) in [4.78, 5) is 3.33. The summed E-state index contributed by atoms with van der Waals surface area (Å²) < 4.78 is 0. The van der Waals surface area contributed by atoms with E-state index in [4.69, 9.17) is 0 Å². The van der Waals surface area contributed by atoms with Gasteiger partial charge in [0.1, 0.15) is 0 Å². The van der Waals surface area contributed by atoms with Crippen molar-refractivity contribution < 1.29 is 0 Å². The summed E-state index contributed by atoms with van der Waals surface area (Å²) in [5.41, 5.74) is 2.67. The van der Waals surface area contributed by atoms with E-state index in [1.54, 1.807) is 0 Å². The number of rotatable bonds is 5. The lowest BCUT2D eigenvalue weighted by atomic mass is 10.1. The molecule has 2 heteroatoms. The predicted molar refractivity (Wildman–Crippen MR) is 72.2 cm³/mol. The van der Waals surface area contributed by atoms with Crippen molar-refractivity contribution in [3.8, 4) is 0 Å². The summed E-state index contributed by atoms with van der Waals surface area (Å²) in [6, 6.07) is 9.22. The Kier molecular flexibility index (Phi) is 2.89. The molecule has 90 valence electrons. The lowest BCUT2D eigenvalue weighted by molar-refractivity contribution is 0.500. The average Bonchev–Trinajstić information content (AvgIpc) is 3.12. The summed E-state index contributed by atoms with van der Waals surface area (Å²) in [6.45, 7) is 3.40. The Balaban J connectivity index is 1.60. The molecule has 0 bridgehead atoms. The minimum Gasteiger partial charge on any atom is -0.361 e. The summed E-state index contributed by atoms with van der Waals surface area (Å²) in [5, 5.41) is 5.00. The van der Waals surface area contributed by atoms with Crippen molar-refractivity contribution in [1.29, 1.82) is 0 Å². The standard InChI is InChI=1S/C15H20N2/c1-11(12-6-7-12)16-9-8-13-10-17-15-5-3-2-4-14(13)15/h2-5,10-12,16-17H,6-9H2,1H3. The third kappa shape index (κ3) is 2.37. The van der Waals surface area contributed by atoms with Crippen LogP contribution in [0.1, 0.15) is 25.3 Å². The van der Waals surface area contributed by atoms with Crippen LogP contribution in [-0.2, 0) is 6.42 Å². The summed E-state index contributed by atoms with van der Waals surface area (Å²) in [5.74, 6) is 0.943. The van der Waals surface area contributed by atoms with Crippen LogP contribution in [-0.4, -0.2) is 17.6 Å². The Morgan fingerprint density at radius 2 is 2.18 bits per heavy atom. The number of benzene rings is 1. The second-order valence-electron chi connectivity index (χ2n) is 5.19. The van der Waals surface area contributed by atoms with E-state index in [2.05, 4.69) is 47.7 Å². The number of hydrogen-bond acceptors (Lipinski definition) is 1. The van der Waals surface area contributed by atoms with E-state index in [0.29, 0.717) is 6.04 Å². The topological polar surface area (TPSA) is 27.8 Å². The van der Waals surface area contributed by atoms with Gasteiger partial charge in [-0.2, -0.15) is 0 Å². The molecule has 0 saturated heterocycles. The van der Waals surface area contributed by atoms with Crippen LogP contribution in [0.15, 0.2) is 30.5 Å². The maximum Gasteiger partial charge on any atom is 0.0456 e. The summed E-state index contributed by atoms with van der Waals surface area (Å²) >= 11 is 0. The molecule has 1 atom stereocenters. The van der Waals surface area contributed by atoms with Gasteiger partial charge in [-0.25, -0.2) is 0 Å². The van der Waals surface area contributed by atoms with Gasteiger partial charge in [-0.05, 0) is 50.3 Å². The average molecular weight is 228 g/mol. The number of para-hydroxylation sites is 1. The van der Waals surface area contributed by atoms with Crippen LogP contribution in [0.25, 0.3) is 10.9 Å². The van der Waals surface area contributed by atoms with Crippen molar-refractivity contribution in [2.75, 3.05) is 6.54 Å². The van der Waals surface area contributed by atoms with Crippen molar-refractivity contribution in [2.45, 2.75) is 32.2 Å². The number of aromatic amines is 1. The van der Waals surface area contributed by atoms with Crippen LogP contribution >= 0.6 is 0 Å². The Labute approximate surface area is 102 Å². The smallest absolute Gasteiger partial charge is 0.0456 e. The molecular formula is C15H20N2. The van der Waals surface area contributed by atoms with E-state index in [1.165, 1.54) is 29.3 Å². The summed E-state index contributed by atoms with van der Waals surface area (Å²) in [6.07, 6.45) is 6.09. The van der Waals surface area contributed by atoms with Gasteiger partial charge in [-0.1, -0.05) is 18.2 Å². The Morgan fingerprint density at radius 3 is 3.00 bits per heavy atom. The Bertz CT molecular complexity index is 496. The van der Waals surface area contributed by atoms with Crippen LogP contribution in [0.2, 0.25) is 0 Å². The largest absolute Gasteiger partial charge is 0.361 e. The van der Waals surface area contributed by atoms with Crippen LogP contribution in [0.4, 0.5) is 0 Å². The van der Waals surface area contributed by atoms with E-state index < -0.39 is 0 Å². The third-order valence-corrected chi connectivity index (χ3v) is 3.86. The molecule has 1 aliphatic rings. The molecular weight excluding hydrogens is 208 g/mol. The molecule has 0 aliphatic heterocycles. The first-order valence-corrected chi connectivity index (χ1v) is 6.63. The normalized spacial score (nSPS) is 17.5. The number of fused-ring (bicyclic) bond motifs is 1. The molecule has 3 rings (SSSR count). The van der Waals surface area contributed by atoms with E-state index >= 15 is 0 Å².